The second-order valence-corrected chi connectivity index (χ2v) is 9.75. The molecule has 0 saturated carbocycles. The molecule has 2 aromatic heterocycles. The molecule has 0 atom stereocenters. The maximum atomic E-state index is 13.2. The minimum absolute atomic E-state index is 0.0622. The van der Waals surface area contributed by atoms with E-state index in [-0.39, 0.29) is 17.3 Å². The van der Waals surface area contributed by atoms with Crippen LogP contribution < -0.4 is 10.5 Å². The number of aromatic nitrogens is 4. The topological polar surface area (TPSA) is 75.7 Å². The molecule has 1 aliphatic rings. The summed E-state index contributed by atoms with van der Waals surface area (Å²) in [5.41, 5.74) is 1.67. The highest BCUT2D eigenvalue weighted by Crippen LogP contribution is 2.19. The summed E-state index contributed by atoms with van der Waals surface area (Å²) in [6.07, 6.45) is 1.61. The van der Waals surface area contributed by atoms with E-state index in [0.717, 1.165) is 17.6 Å². The van der Waals surface area contributed by atoms with E-state index < -0.39 is 0 Å². The highest BCUT2D eigenvalue weighted by molar-refractivity contribution is 5.80. The summed E-state index contributed by atoms with van der Waals surface area (Å²) < 4.78 is 16.9. The Bertz CT molecular complexity index is 1430. The average molecular weight is 491 g/mol. The number of para-hydroxylation sites is 1. The summed E-state index contributed by atoms with van der Waals surface area (Å²) in [5.74, 6) is 1.47. The van der Waals surface area contributed by atoms with E-state index in [2.05, 4.69) is 28.9 Å². The summed E-state index contributed by atoms with van der Waals surface area (Å²) in [4.78, 5) is 30.2. The number of anilines is 1. The van der Waals surface area contributed by atoms with Crippen molar-refractivity contribution in [3.8, 4) is 0 Å². The fourth-order valence-corrected chi connectivity index (χ4v) is 4.81. The van der Waals surface area contributed by atoms with Crippen molar-refractivity contribution in [2.24, 2.45) is 5.92 Å². The van der Waals surface area contributed by atoms with E-state index in [1.165, 1.54) is 12.1 Å². The first-order valence-electron chi connectivity index (χ1n) is 12.6. The molecule has 188 valence electrons. The summed E-state index contributed by atoms with van der Waals surface area (Å²) in [6.45, 7) is 7.48. The van der Waals surface area contributed by atoms with Crippen LogP contribution >= 0.6 is 0 Å². The van der Waals surface area contributed by atoms with Crippen LogP contribution in [0.25, 0.3) is 16.7 Å². The fourth-order valence-electron chi connectivity index (χ4n) is 4.81. The number of rotatable bonds is 7. The van der Waals surface area contributed by atoms with Crippen molar-refractivity contribution in [1.82, 2.24) is 24.1 Å². The highest BCUT2D eigenvalue weighted by atomic mass is 19.1. The zero-order valence-corrected chi connectivity index (χ0v) is 20.7. The molecule has 0 radical (unpaired) electrons. The normalized spacial score (nSPS) is 14.3. The van der Waals surface area contributed by atoms with Gasteiger partial charge in [0.1, 0.15) is 11.6 Å². The summed E-state index contributed by atoms with van der Waals surface area (Å²) >= 11 is 0. The monoisotopic (exact) mass is 490 g/mol. The number of nitrogens with zero attached hydrogens (tertiary/aromatic N) is 6. The first kappa shape index (κ1) is 24.0. The summed E-state index contributed by atoms with van der Waals surface area (Å²) in [6, 6.07) is 14.0. The predicted octanol–water partition coefficient (Wildman–Crippen LogP) is 3.51. The maximum Gasteiger partial charge on any atom is 0.262 e. The molecule has 1 amide bonds. The first-order valence-corrected chi connectivity index (χ1v) is 12.6. The Hall–Kier alpha value is -3.75. The minimum atomic E-state index is -0.252. The summed E-state index contributed by atoms with van der Waals surface area (Å²) in [5, 5.41) is 9.38. The van der Waals surface area contributed by atoms with E-state index in [9.17, 15) is 14.0 Å². The molecular formula is C27H31FN6O2. The minimum Gasteiger partial charge on any atom is -0.368 e. The zero-order valence-electron chi connectivity index (χ0n) is 20.7. The van der Waals surface area contributed by atoms with Crippen LogP contribution in [0, 0.1) is 11.7 Å². The fraction of sp³-hybridized carbons (Fsp3) is 0.407. The lowest BCUT2D eigenvalue weighted by atomic mass is 10.1. The molecule has 0 bridgehead atoms. The van der Waals surface area contributed by atoms with Crippen LogP contribution in [0.15, 0.2) is 53.3 Å². The Labute approximate surface area is 209 Å². The highest BCUT2D eigenvalue weighted by Gasteiger charge is 2.23. The first-order chi connectivity index (χ1) is 17.4. The van der Waals surface area contributed by atoms with E-state index in [0.29, 0.717) is 68.5 Å². The molecule has 1 saturated heterocycles. The van der Waals surface area contributed by atoms with Gasteiger partial charge in [0.05, 0.1) is 10.9 Å². The van der Waals surface area contributed by atoms with Crippen molar-refractivity contribution < 1.29 is 9.18 Å². The Morgan fingerprint density at radius 1 is 1.00 bits per heavy atom. The zero-order chi connectivity index (χ0) is 25.2. The van der Waals surface area contributed by atoms with Crippen molar-refractivity contribution in [1.29, 1.82) is 0 Å². The number of halogens is 1. The molecule has 0 spiro atoms. The molecular weight excluding hydrogens is 459 g/mol. The predicted molar refractivity (Wildman–Crippen MR) is 138 cm³/mol. The molecule has 1 aliphatic heterocycles. The summed E-state index contributed by atoms with van der Waals surface area (Å²) in [7, 11) is 0. The quantitative estimate of drug-likeness (QED) is 0.396. The number of carbonyl (C=O) groups excluding carboxylic acids is 1. The van der Waals surface area contributed by atoms with Crippen LogP contribution in [0.3, 0.4) is 0 Å². The SMILES string of the molecule is CC(C)CCn1c(=O)c2ccccc2n2c(CCC(=O)N3CCN(c4ccc(F)cc4)CC3)nnc12. The maximum absolute atomic E-state index is 13.2. The number of hydrogen-bond acceptors (Lipinski definition) is 5. The average Bonchev–Trinajstić information content (AvgIpc) is 3.31. The van der Waals surface area contributed by atoms with E-state index >= 15 is 0 Å². The van der Waals surface area contributed by atoms with Crippen LogP contribution in [0.2, 0.25) is 0 Å². The molecule has 3 heterocycles. The lowest BCUT2D eigenvalue weighted by Gasteiger charge is -2.36. The van der Waals surface area contributed by atoms with Crippen LogP contribution in [-0.4, -0.2) is 56.2 Å². The molecule has 0 unspecified atom stereocenters. The Balaban J connectivity index is 1.32. The van der Waals surface area contributed by atoms with Crippen LogP contribution in [-0.2, 0) is 17.8 Å². The van der Waals surface area contributed by atoms with Gasteiger partial charge in [-0.2, -0.15) is 0 Å². The third-order valence-electron chi connectivity index (χ3n) is 6.89. The van der Waals surface area contributed by atoms with Gasteiger partial charge in [-0.3, -0.25) is 18.6 Å². The molecule has 0 aliphatic carbocycles. The number of fused-ring (bicyclic) bond motifs is 3. The van der Waals surface area contributed by atoms with Crippen LogP contribution in [0.4, 0.5) is 10.1 Å². The van der Waals surface area contributed by atoms with Gasteiger partial charge in [-0.15, -0.1) is 10.2 Å². The number of aryl methyl sites for hydroxylation is 2. The van der Waals surface area contributed by atoms with E-state index in [1.54, 1.807) is 16.7 Å². The van der Waals surface area contributed by atoms with Gasteiger partial charge in [0.2, 0.25) is 11.7 Å². The van der Waals surface area contributed by atoms with Crippen molar-refractivity contribution in [2.75, 3.05) is 31.1 Å². The van der Waals surface area contributed by atoms with Gasteiger partial charge in [-0.25, -0.2) is 4.39 Å². The molecule has 8 nitrogen and oxygen atoms in total. The van der Waals surface area contributed by atoms with Crippen molar-refractivity contribution in [2.45, 2.75) is 39.7 Å². The second kappa shape index (κ2) is 10.1. The lowest BCUT2D eigenvalue weighted by Crippen LogP contribution is -2.48. The van der Waals surface area contributed by atoms with Crippen molar-refractivity contribution in [3.05, 3.63) is 70.5 Å². The Morgan fingerprint density at radius 3 is 2.44 bits per heavy atom. The second-order valence-electron chi connectivity index (χ2n) is 9.75. The van der Waals surface area contributed by atoms with E-state index in [1.807, 2.05) is 33.6 Å². The van der Waals surface area contributed by atoms with Gasteiger partial charge in [0, 0.05) is 51.3 Å². The smallest absolute Gasteiger partial charge is 0.262 e. The van der Waals surface area contributed by atoms with Gasteiger partial charge in [0.25, 0.3) is 5.56 Å². The van der Waals surface area contributed by atoms with Crippen LogP contribution in [0.1, 0.15) is 32.5 Å². The van der Waals surface area contributed by atoms with Gasteiger partial charge >= 0.3 is 0 Å². The van der Waals surface area contributed by atoms with E-state index in [4.69, 9.17) is 0 Å². The number of carbonyl (C=O) groups is 1. The number of piperazine rings is 1. The van der Waals surface area contributed by atoms with Crippen molar-refractivity contribution in [3.63, 3.8) is 0 Å². The Morgan fingerprint density at radius 2 is 1.72 bits per heavy atom. The third-order valence-corrected chi connectivity index (χ3v) is 6.89. The molecule has 1 fully saturated rings. The molecule has 5 rings (SSSR count). The molecule has 2 aromatic carbocycles. The van der Waals surface area contributed by atoms with Gasteiger partial charge in [-0.1, -0.05) is 26.0 Å². The Kier molecular flexibility index (Phi) is 6.71. The molecule has 36 heavy (non-hydrogen) atoms. The molecule has 4 aromatic rings. The number of amides is 1. The number of benzene rings is 2. The number of hydrogen-bond donors (Lipinski definition) is 0. The van der Waals surface area contributed by atoms with Crippen molar-refractivity contribution >= 4 is 28.3 Å². The third kappa shape index (κ3) is 4.69. The standard InChI is InChI=1S/C27H31FN6O2/c1-19(2)13-14-33-26(36)22-5-3-4-6-23(22)34-24(29-30-27(33)34)11-12-25(35)32-17-15-31(16-18-32)21-9-7-20(28)8-10-21/h3-10,19H,11-18H2,1-2H3. The molecule has 0 N–H and O–H groups in total. The lowest BCUT2D eigenvalue weighted by molar-refractivity contribution is -0.131. The molecule has 9 heteroatoms. The van der Waals surface area contributed by atoms with Gasteiger partial charge in [0.15, 0.2) is 0 Å². The van der Waals surface area contributed by atoms with Gasteiger partial charge in [-0.05, 0) is 48.7 Å². The van der Waals surface area contributed by atoms with Gasteiger partial charge < -0.3 is 9.80 Å². The van der Waals surface area contributed by atoms with Crippen LogP contribution in [0.5, 0.6) is 0 Å². The largest absolute Gasteiger partial charge is 0.368 e.